The number of nitrogens with zero attached hydrogens (tertiary/aromatic N) is 3. The van der Waals surface area contributed by atoms with Crippen LogP contribution in [0, 0.1) is 5.82 Å². The number of hydrogen-bond donors (Lipinski definition) is 1. The molecule has 2 aliphatic rings. The van der Waals surface area contributed by atoms with Gasteiger partial charge in [0, 0.05) is 50.4 Å². The summed E-state index contributed by atoms with van der Waals surface area (Å²) in [7, 11) is 0. The number of fused-ring (bicyclic) bond motifs is 1. The van der Waals surface area contributed by atoms with Gasteiger partial charge in [0.1, 0.15) is 5.82 Å². The third-order valence-corrected chi connectivity index (χ3v) is 6.97. The van der Waals surface area contributed by atoms with Crippen LogP contribution in [0.2, 0.25) is 0 Å². The molecule has 2 fully saturated rings. The lowest BCUT2D eigenvalue weighted by atomic mass is 9.88. The normalized spacial score (nSPS) is 20.3. The lowest BCUT2D eigenvalue weighted by Crippen LogP contribution is -2.66. The topological polar surface area (TPSA) is 74.7 Å². The van der Waals surface area contributed by atoms with Gasteiger partial charge in [-0.2, -0.15) is 0 Å². The van der Waals surface area contributed by atoms with Gasteiger partial charge < -0.3 is 19.7 Å². The number of pyridine rings is 1. The van der Waals surface area contributed by atoms with E-state index in [4.69, 9.17) is 0 Å². The van der Waals surface area contributed by atoms with Crippen molar-refractivity contribution in [3.05, 3.63) is 81.9 Å². The average Bonchev–Trinajstić information content (AvgIpc) is 2.85. The van der Waals surface area contributed by atoms with E-state index in [1.807, 2.05) is 29.7 Å². The van der Waals surface area contributed by atoms with Crippen molar-refractivity contribution < 1.29 is 14.0 Å². The van der Waals surface area contributed by atoms with Crippen LogP contribution >= 0.6 is 0 Å². The van der Waals surface area contributed by atoms with Gasteiger partial charge in [0.05, 0.1) is 16.6 Å². The van der Waals surface area contributed by atoms with E-state index >= 15 is 0 Å². The largest absolute Gasteiger partial charge is 0.343 e. The molecule has 0 unspecified atom stereocenters. The van der Waals surface area contributed by atoms with Crippen LogP contribution in [0.4, 0.5) is 4.39 Å². The molecule has 34 heavy (non-hydrogen) atoms. The second-order valence-electron chi connectivity index (χ2n) is 9.23. The summed E-state index contributed by atoms with van der Waals surface area (Å²) in [6.07, 6.45) is 2.52. The molecule has 1 atom stereocenters. The van der Waals surface area contributed by atoms with Crippen molar-refractivity contribution >= 4 is 22.7 Å². The lowest BCUT2D eigenvalue weighted by molar-refractivity contribution is -0.142. The summed E-state index contributed by atoms with van der Waals surface area (Å²) in [5.74, 6) is -0.875. The van der Waals surface area contributed by atoms with E-state index in [1.54, 1.807) is 34.2 Å². The van der Waals surface area contributed by atoms with E-state index in [1.165, 1.54) is 12.1 Å². The first-order chi connectivity index (χ1) is 16.4. The molecule has 2 aliphatic heterocycles. The number of piperazine rings is 1. The smallest absolute Gasteiger partial charge is 0.256 e. The van der Waals surface area contributed by atoms with E-state index in [9.17, 15) is 18.8 Å². The standard InChI is InChI=1S/C26H27FN4O3/c1-26(9-10-28-26)25(34)30-14-12-29(13-15-30)24(33)20-16-18(6-7-21(20)27)17-31-11-8-23(32)19-4-2-3-5-22(19)31/h2-8,11,16,28H,9-10,12-15,17H2,1H3/t26-/m1/s1. The molecule has 8 heteroatoms. The molecular weight excluding hydrogens is 435 g/mol. The number of carbonyl (C=O) groups is 2. The number of benzene rings is 2. The van der Waals surface area contributed by atoms with Gasteiger partial charge in [-0.15, -0.1) is 0 Å². The van der Waals surface area contributed by atoms with Crippen molar-refractivity contribution in [3.63, 3.8) is 0 Å². The second-order valence-corrected chi connectivity index (χ2v) is 9.23. The predicted molar refractivity (Wildman–Crippen MR) is 127 cm³/mol. The number of aromatic nitrogens is 1. The van der Waals surface area contributed by atoms with Crippen molar-refractivity contribution in [1.82, 2.24) is 19.7 Å². The van der Waals surface area contributed by atoms with Gasteiger partial charge >= 0.3 is 0 Å². The molecule has 5 rings (SSSR count). The van der Waals surface area contributed by atoms with Crippen LogP contribution < -0.4 is 10.7 Å². The monoisotopic (exact) mass is 462 g/mol. The molecule has 3 aromatic rings. The zero-order valence-corrected chi connectivity index (χ0v) is 19.1. The Balaban J connectivity index is 1.32. The first-order valence-electron chi connectivity index (χ1n) is 11.6. The summed E-state index contributed by atoms with van der Waals surface area (Å²) in [6.45, 7) is 4.76. The van der Waals surface area contributed by atoms with Crippen LogP contribution in [-0.2, 0) is 11.3 Å². The number of amides is 2. The number of para-hydroxylation sites is 1. The number of carbonyl (C=O) groups excluding carboxylic acids is 2. The Morgan fingerprint density at radius 2 is 1.74 bits per heavy atom. The summed E-state index contributed by atoms with van der Waals surface area (Å²) < 4.78 is 16.6. The zero-order chi connectivity index (χ0) is 23.9. The Labute approximate surface area is 196 Å². The van der Waals surface area contributed by atoms with Crippen molar-refractivity contribution in [2.45, 2.75) is 25.4 Å². The van der Waals surface area contributed by atoms with Gasteiger partial charge in [-0.25, -0.2) is 4.39 Å². The lowest BCUT2D eigenvalue weighted by Gasteiger charge is -2.44. The third-order valence-electron chi connectivity index (χ3n) is 6.97. The fourth-order valence-electron chi connectivity index (χ4n) is 4.74. The van der Waals surface area contributed by atoms with Crippen LogP contribution in [0.25, 0.3) is 10.9 Å². The van der Waals surface area contributed by atoms with Gasteiger partial charge in [0.25, 0.3) is 5.91 Å². The number of nitrogens with one attached hydrogen (secondary N) is 1. The summed E-state index contributed by atoms with van der Waals surface area (Å²) in [5.41, 5.74) is 1.01. The van der Waals surface area contributed by atoms with Crippen LogP contribution in [0.5, 0.6) is 0 Å². The molecule has 3 heterocycles. The quantitative estimate of drug-likeness (QED) is 0.645. The Morgan fingerprint density at radius 1 is 1.03 bits per heavy atom. The SMILES string of the molecule is C[C@]1(C(=O)N2CCN(C(=O)c3cc(Cn4ccc(=O)c5ccccc54)ccc3F)CC2)CCN1. The fourth-order valence-corrected chi connectivity index (χ4v) is 4.74. The highest BCUT2D eigenvalue weighted by atomic mass is 19.1. The third kappa shape index (κ3) is 3.98. The Bertz CT molecular complexity index is 1320. The second kappa shape index (κ2) is 8.68. The van der Waals surface area contributed by atoms with Crippen molar-refractivity contribution in [3.8, 4) is 0 Å². The van der Waals surface area contributed by atoms with Crippen LogP contribution in [0.1, 0.15) is 29.3 Å². The van der Waals surface area contributed by atoms with Crippen LogP contribution in [0.3, 0.4) is 0 Å². The Hall–Kier alpha value is -3.52. The van der Waals surface area contributed by atoms with Crippen LogP contribution in [-0.4, -0.2) is 64.4 Å². The molecule has 0 aliphatic carbocycles. The van der Waals surface area contributed by atoms with Gasteiger partial charge in [-0.1, -0.05) is 18.2 Å². The van der Waals surface area contributed by atoms with E-state index in [2.05, 4.69) is 5.32 Å². The summed E-state index contributed by atoms with van der Waals surface area (Å²) >= 11 is 0. The fraction of sp³-hybridized carbons (Fsp3) is 0.346. The summed E-state index contributed by atoms with van der Waals surface area (Å²) in [6, 6.07) is 13.4. The van der Waals surface area contributed by atoms with Crippen molar-refractivity contribution in [2.75, 3.05) is 32.7 Å². The number of halogens is 1. The first-order valence-corrected chi connectivity index (χ1v) is 11.6. The molecule has 1 N–H and O–H groups in total. The molecule has 2 aromatic carbocycles. The van der Waals surface area contributed by atoms with Gasteiger partial charge in [-0.05, 0) is 49.7 Å². The molecule has 1 aromatic heterocycles. The maximum Gasteiger partial charge on any atom is 0.256 e. The highest BCUT2D eigenvalue weighted by molar-refractivity contribution is 5.95. The Kier molecular flexibility index (Phi) is 5.69. The van der Waals surface area contributed by atoms with E-state index in [-0.39, 0.29) is 22.8 Å². The van der Waals surface area contributed by atoms with Gasteiger partial charge in [-0.3, -0.25) is 14.4 Å². The maximum atomic E-state index is 14.7. The molecule has 0 bridgehead atoms. The molecule has 0 spiro atoms. The van der Waals surface area contributed by atoms with E-state index in [0.29, 0.717) is 38.1 Å². The van der Waals surface area contributed by atoms with Gasteiger partial charge in [0.15, 0.2) is 5.43 Å². The molecule has 176 valence electrons. The predicted octanol–water partition coefficient (Wildman–Crippen LogP) is 2.23. The highest BCUT2D eigenvalue weighted by Crippen LogP contribution is 2.23. The average molecular weight is 463 g/mol. The minimum Gasteiger partial charge on any atom is -0.343 e. The minimum atomic E-state index is -0.566. The van der Waals surface area contributed by atoms with Crippen molar-refractivity contribution in [2.24, 2.45) is 0 Å². The minimum absolute atomic E-state index is 0.0234. The zero-order valence-electron chi connectivity index (χ0n) is 19.1. The molecule has 2 amide bonds. The molecule has 7 nitrogen and oxygen atoms in total. The molecule has 0 radical (unpaired) electrons. The van der Waals surface area contributed by atoms with Crippen molar-refractivity contribution in [1.29, 1.82) is 0 Å². The van der Waals surface area contributed by atoms with E-state index in [0.717, 1.165) is 24.0 Å². The summed E-state index contributed by atoms with van der Waals surface area (Å²) in [5, 5.41) is 3.80. The molecule has 0 saturated carbocycles. The molecular formula is C26H27FN4O3. The number of hydrogen-bond acceptors (Lipinski definition) is 4. The van der Waals surface area contributed by atoms with E-state index < -0.39 is 11.4 Å². The Morgan fingerprint density at radius 3 is 2.44 bits per heavy atom. The van der Waals surface area contributed by atoms with Gasteiger partial charge in [0.2, 0.25) is 5.91 Å². The summed E-state index contributed by atoms with van der Waals surface area (Å²) in [4.78, 5) is 41.4. The first kappa shape index (κ1) is 22.3. The van der Waals surface area contributed by atoms with Crippen LogP contribution in [0.15, 0.2) is 59.5 Å². The highest BCUT2D eigenvalue weighted by Gasteiger charge is 2.42. The molecule has 2 saturated heterocycles. The number of rotatable bonds is 4. The maximum absolute atomic E-state index is 14.7.